The summed E-state index contributed by atoms with van der Waals surface area (Å²) in [4.78, 5) is 28.2. The third-order valence-corrected chi connectivity index (χ3v) is 4.26. The molecule has 1 aliphatic rings. The number of para-hydroxylation sites is 2. The van der Waals surface area contributed by atoms with Gasteiger partial charge >= 0.3 is 12.1 Å². The van der Waals surface area contributed by atoms with Gasteiger partial charge in [0, 0.05) is 20.1 Å². The van der Waals surface area contributed by atoms with Crippen LogP contribution < -0.4 is 10.1 Å². The number of ether oxygens (including phenoxy) is 2. The summed E-state index contributed by atoms with van der Waals surface area (Å²) in [5, 5.41) is 2.89. The lowest BCUT2D eigenvalue weighted by Crippen LogP contribution is -2.52. The Hall–Kier alpha value is -2.44. The zero-order chi connectivity index (χ0) is 19.3. The molecule has 1 aromatic carbocycles. The van der Waals surface area contributed by atoms with Crippen LogP contribution in [0.4, 0.5) is 15.3 Å². The van der Waals surface area contributed by atoms with Crippen LogP contribution in [-0.2, 0) is 4.74 Å². The molecular formula is C19H29N3O4. The van der Waals surface area contributed by atoms with E-state index in [1.54, 1.807) is 36.1 Å². The van der Waals surface area contributed by atoms with Crippen molar-refractivity contribution in [2.24, 2.45) is 0 Å². The molecule has 0 aromatic heterocycles. The first kappa shape index (κ1) is 19.9. The van der Waals surface area contributed by atoms with Crippen molar-refractivity contribution in [2.75, 3.05) is 32.6 Å². The second-order valence-electron chi connectivity index (χ2n) is 7.46. The lowest BCUT2D eigenvalue weighted by molar-refractivity contribution is 0.0158. The summed E-state index contributed by atoms with van der Waals surface area (Å²) in [6.07, 6.45) is 1.31. The molecule has 1 fully saturated rings. The third-order valence-electron chi connectivity index (χ3n) is 4.26. The predicted molar refractivity (Wildman–Crippen MR) is 101 cm³/mol. The molecule has 0 radical (unpaired) electrons. The van der Waals surface area contributed by atoms with E-state index in [4.69, 9.17) is 9.47 Å². The summed E-state index contributed by atoms with van der Waals surface area (Å²) < 4.78 is 10.7. The number of likely N-dealkylation sites (tertiary alicyclic amines) is 1. The number of methoxy groups -OCH3 is 1. The minimum Gasteiger partial charge on any atom is -0.495 e. The zero-order valence-corrected chi connectivity index (χ0v) is 16.2. The third kappa shape index (κ3) is 5.28. The highest BCUT2D eigenvalue weighted by Gasteiger charge is 2.31. The molecule has 1 aliphatic heterocycles. The van der Waals surface area contributed by atoms with E-state index in [-0.39, 0.29) is 18.2 Å². The molecule has 1 saturated heterocycles. The van der Waals surface area contributed by atoms with Gasteiger partial charge in [0.2, 0.25) is 0 Å². The SMILES string of the molecule is COc1ccccc1NC(=O)N1CCCC(N(C)C(=O)OC(C)(C)C)C1. The van der Waals surface area contributed by atoms with E-state index in [1.807, 2.05) is 32.9 Å². The van der Waals surface area contributed by atoms with Gasteiger partial charge in [-0.1, -0.05) is 12.1 Å². The van der Waals surface area contributed by atoms with Crippen LogP contribution >= 0.6 is 0 Å². The molecule has 1 heterocycles. The predicted octanol–water partition coefficient (Wildman–Crippen LogP) is 3.56. The monoisotopic (exact) mass is 363 g/mol. The van der Waals surface area contributed by atoms with Crippen LogP contribution in [0.3, 0.4) is 0 Å². The van der Waals surface area contributed by atoms with E-state index in [0.717, 1.165) is 12.8 Å². The van der Waals surface area contributed by atoms with Crippen molar-refractivity contribution in [3.05, 3.63) is 24.3 Å². The van der Waals surface area contributed by atoms with Crippen molar-refractivity contribution in [2.45, 2.75) is 45.3 Å². The van der Waals surface area contributed by atoms with Gasteiger partial charge in [-0.15, -0.1) is 0 Å². The van der Waals surface area contributed by atoms with Gasteiger partial charge in [-0.05, 0) is 45.7 Å². The number of urea groups is 1. The number of hydrogen-bond acceptors (Lipinski definition) is 4. The maximum atomic E-state index is 12.6. The Morgan fingerprint density at radius 1 is 1.27 bits per heavy atom. The van der Waals surface area contributed by atoms with Gasteiger partial charge < -0.3 is 24.6 Å². The van der Waals surface area contributed by atoms with Crippen LogP contribution in [0.2, 0.25) is 0 Å². The van der Waals surface area contributed by atoms with E-state index >= 15 is 0 Å². The Kier molecular flexibility index (Phi) is 6.34. The van der Waals surface area contributed by atoms with Crippen LogP contribution in [0.25, 0.3) is 0 Å². The van der Waals surface area contributed by atoms with Crippen LogP contribution in [0, 0.1) is 0 Å². The molecule has 1 unspecified atom stereocenters. The van der Waals surface area contributed by atoms with Crippen LogP contribution in [-0.4, -0.2) is 60.8 Å². The van der Waals surface area contributed by atoms with Crippen molar-refractivity contribution >= 4 is 17.8 Å². The molecule has 1 atom stereocenters. The fourth-order valence-corrected chi connectivity index (χ4v) is 2.88. The number of anilines is 1. The summed E-state index contributed by atoms with van der Waals surface area (Å²) in [5.74, 6) is 0.611. The molecule has 1 N–H and O–H groups in total. The largest absolute Gasteiger partial charge is 0.495 e. The van der Waals surface area contributed by atoms with Gasteiger partial charge in [-0.2, -0.15) is 0 Å². The lowest BCUT2D eigenvalue weighted by Gasteiger charge is -2.38. The number of carbonyl (C=O) groups is 2. The first-order valence-corrected chi connectivity index (χ1v) is 8.86. The number of carbonyl (C=O) groups excluding carboxylic acids is 2. The summed E-state index contributed by atoms with van der Waals surface area (Å²) in [7, 11) is 3.29. The molecule has 0 aliphatic carbocycles. The number of likely N-dealkylation sites (N-methyl/N-ethyl adjacent to an activating group) is 1. The average Bonchev–Trinajstić information content (AvgIpc) is 2.60. The first-order chi connectivity index (χ1) is 12.2. The van der Waals surface area contributed by atoms with Gasteiger partial charge in [0.25, 0.3) is 0 Å². The molecule has 7 nitrogen and oxygen atoms in total. The summed E-state index contributed by atoms with van der Waals surface area (Å²) in [6.45, 7) is 6.64. The van der Waals surface area contributed by atoms with E-state index in [1.165, 1.54) is 0 Å². The molecule has 1 aromatic rings. The van der Waals surface area contributed by atoms with Crippen molar-refractivity contribution < 1.29 is 19.1 Å². The number of benzene rings is 1. The number of rotatable bonds is 3. The summed E-state index contributed by atoms with van der Waals surface area (Å²) in [5.41, 5.74) is 0.0867. The second-order valence-corrected chi connectivity index (χ2v) is 7.46. The molecule has 7 heteroatoms. The summed E-state index contributed by atoms with van der Waals surface area (Å²) in [6, 6.07) is 7.02. The van der Waals surface area contributed by atoms with E-state index in [9.17, 15) is 9.59 Å². The molecule has 2 rings (SSSR count). The van der Waals surface area contributed by atoms with Gasteiger partial charge in [-0.25, -0.2) is 9.59 Å². The standard InChI is InChI=1S/C19H29N3O4/c1-19(2,3)26-18(24)21(4)14-9-8-12-22(13-14)17(23)20-15-10-6-7-11-16(15)25-5/h6-7,10-11,14H,8-9,12-13H2,1-5H3,(H,20,23). The molecule has 0 bridgehead atoms. The Morgan fingerprint density at radius 2 is 1.96 bits per heavy atom. The van der Waals surface area contributed by atoms with E-state index in [2.05, 4.69) is 5.32 Å². The Bertz CT molecular complexity index is 642. The number of nitrogens with one attached hydrogen (secondary N) is 1. The molecule has 3 amide bonds. The second kappa shape index (κ2) is 8.29. The average molecular weight is 363 g/mol. The van der Waals surface area contributed by atoms with Crippen molar-refractivity contribution in [3.63, 3.8) is 0 Å². The zero-order valence-electron chi connectivity index (χ0n) is 16.2. The van der Waals surface area contributed by atoms with Crippen molar-refractivity contribution in [1.29, 1.82) is 0 Å². The van der Waals surface area contributed by atoms with Gasteiger partial charge in [-0.3, -0.25) is 0 Å². The Labute approximate surface area is 155 Å². The van der Waals surface area contributed by atoms with Gasteiger partial charge in [0.1, 0.15) is 11.4 Å². The number of piperidine rings is 1. The number of amides is 3. The molecule has 26 heavy (non-hydrogen) atoms. The quantitative estimate of drug-likeness (QED) is 0.891. The minimum atomic E-state index is -0.541. The number of nitrogens with zero attached hydrogens (tertiary/aromatic N) is 2. The molecular weight excluding hydrogens is 334 g/mol. The van der Waals surface area contributed by atoms with E-state index < -0.39 is 5.60 Å². The highest BCUT2D eigenvalue weighted by molar-refractivity contribution is 5.91. The maximum absolute atomic E-state index is 12.6. The summed E-state index contributed by atoms with van der Waals surface area (Å²) >= 11 is 0. The normalized spacial score (nSPS) is 17.4. The highest BCUT2D eigenvalue weighted by atomic mass is 16.6. The first-order valence-electron chi connectivity index (χ1n) is 8.86. The molecule has 144 valence electrons. The minimum absolute atomic E-state index is 0.0676. The van der Waals surface area contributed by atoms with E-state index in [0.29, 0.717) is 24.5 Å². The Balaban J connectivity index is 1.98. The topological polar surface area (TPSA) is 71.1 Å². The van der Waals surface area contributed by atoms with Crippen LogP contribution in [0.15, 0.2) is 24.3 Å². The lowest BCUT2D eigenvalue weighted by atomic mass is 10.1. The molecule has 0 saturated carbocycles. The maximum Gasteiger partial charge on any atom is 0.410 e. The van der Waals surface area contributed by atoms with Crippen LogP contribution in [0.1, 0.15) is 33.6 Å². The van der Waals surface area contributed by atoms with Crippen molar-refractivity contribution in [3.8, 4) is 5.75 Å². The fourth-order valence-electron chi connectivity index (χ4n) is 2.88. The Morgan fingerprint density at radius 3 is 2.62 bits per heavy atom. The highest BCUT2D eigenvalue weighted by Crippen LogP contribution is 2.24. The fraction of sp³-hybridized carbons (Fsp3) is 0.579. The molecule has 0 spiro atoms. The van der Waals surface area contributed by atoms with Crippen LogP contribution in [0.5, 0.6) is 5.75 Å². The number of hydrogen-bond donors (Lipinski definition) is 1. The van der Waals surface area contributed by atoms with Crippen molar-refractivity contribution in [1.82, 2.24) is 9.80 Å². The smallest absolute Gasteiger partial charge is 0.410 e. The van der Waals surface area contributed by atoms with Gasteiger partial charge in [0.05, 0.1) is 18.8 Å². The van der Waals surface area contributed by atoms with Gasteiger partial charge in [0.15, 0.2) is 0 Å².